The number of nitrogens with zero attached hydrogens (tertiary/aromatic N) is 3. The van der Waals surface area contributed by atoms with E-state index < -0.39 is 0 Å². The number of nitrogens with one attached hydrogen (secondary N) is 2. The normalized spacial score (nSPS) is 17.0. The Morgan fingerprint density at radius 2 is 1.83 bits per heavy atom. The van der Waals surface area contributed by atoms with E-state index in [1.165, 1.54) is 6.08 Å². The van der Waals surface area contributed by atoms with Gasteiger partial charge in [0, 0.05) is 11.1 Å². The van der Waals surface area contributed by atoms with E-state index in [9.17, 15) is 4.79 Å². The number of hydrogen-bond donors (Lipinski definition) is 2. The Balaban J connectivity index is 1.40. The Morgan fingerprint density at radius 1 is 1.09 bits per heavy atom. The lowest BCUT2D eigenvalue weighted by atomic mass is 9.93. The average molecular weight is 486 g/mol. The van der Waals surface area contributed by atoms with Gasteiger partial charge in [0.1, 0.15) is 5.75 Å². The molecule has 4 aromatic rings. The van der Waals surface area contributed by atoms with Crippen LogP contribution in [-0.4, -0.2) is 27.8 Å². The molecule has 0 saturated carbocycles. The maximum absolute atomic E-state index is 12.6. The summed E-state index contributed by atoms with van der Waals surface area (Å²) in [6.07, 6.45) is 3.91. The second-order valence-corrected chi connectivity index (χ2v) is 8.59. The predicted octanol–water partition coefficient (Wildman–Crippen LogP) is 5.74. The molecule has 2 N–H and O–H groups in total. The Bertz CT molecular complexity index is 1350. The van der Waals surface area contributed by atoms with Crippen molar-refractivity contribution in [1.29, 1.82) is 0 Å². The molecule has 1 aliphatic heterocycles. The number of methoxy groups -OCH3 is 1. The smallest absolute Gasteiger partial charge is 0.250 e. The molecule has 1 aliphatic rings. The van der Waals surface area contributed by atoms with Crippen LogP contribution in [0.5, 0.6) is 5.75 Å². The van der Waals surface area contributed by atoms with Crippen molar-refractivity contribution >= 4 is 35.5 Å². The molecule has 1 amide bonds. The average Bonchev–Trinajstić information content (AvgIpc) is 3.30. The molecule has 8 heteroatoms. The van der Waals surface area contributed by atoms with Crippen LogP contribution in [0.15, 0.2) is 84.9 Å². The van der Waals surface area contributed by atoms with Gasteiger partial charge >= 0.3 is 0 Å². The molecule has 0 unspecified atom stereocenters. The van der Waals surface area contributed by atoms with Crippen LogP contribution < -0.4 is 15.4 Å². The number of halogens is 1. The molecule has 2 heterocycles. The van der Waals surface area contributed by atoms with Crippen molar-refractivity contribution in [2.45, 2.75) is 18.5 Å². The fourth-order valence-electron chi connectivity index (χ4n) is 4.18. The summed E-state index contributed by atoms with van der Waals surface area (Å²) in [6, 6.07) is 25.2. The lowest BCUT2D eigenvalue weighted by molar-refractivity contribution is -0.111. The van der Waals surface area contributed by atoms with Crippen molar-refractivity contribution in [2.24, 2.45) is 0 Å². The molecule has 7 nitrogen and oxygen atoms in total. The Kier molecular flexibility index (Phi) is 6.50. The summed E-state index contributed by atoms with van der Waals surface area (Å²) in [5.74, 6) is 1.23. The molecule has 176 valence electrons. The zero-order valence-electron chi connectivity index (χ0n) is 19.1. The van der Waals surface area contributed by atoms with Crippen LogP contribution >= 0.6 is 11.6 Å². The summed E-state index contributed by atoms with van der Waals surface area (Å²) in [5.41, 5.74) is 2.98. The van der Waals surface area contributed by atoms with Gasteiger partial charge in [0.15, 0.2) is 0 Å². The van der Waals surface area contributed by atoms with Crippen molar-refractivity contribution in [3.63, 3.8) is 0 Å². The highest BCUT2D eigenvalue weighted by Gasteiger charge is 2.32. The molecule has 5 rings (SSSR count). The van der Waals surface area contributed by atoms with Crippen molar-refractivity contribution in [2.75, 3.05) is 17.7 Å². The Hall–Kier alpha value is -4.10. The zero-order valence-corrected chi connectivity index (χ0v) is 19.8. The third kappa shape index (κ3) is 5.05. The van der Waals surface area contributed by atoms with E-state index in [2.05, 4.69) is 32.8 Å². The predicted molar refractivity (Wildman–Crippen MR) is 138 cm³/mol. The first kappa shape index (κ1) is 22.7. The van der Waals surface area contributed by atoms with Gasteiger partial charge in [-0.15, -0.1) is 5.10 Å². The summed E-state index contributed by atoms with van der Waals surface area (Å²) < 4.78 is 6.96. The largest absolute Gasteiger partial charge is 0.497 e. The number of rotatable bonds is 6. The number of carbonyl (C=O) groups excluding carboxylic acids is 1. The van der Waals surface area contributed by atoms with E-state index in [1.54, 1.807) is 17.9 Å². The van der Waals surface area contributed by atoms with Crippen LogP contribution in [0.2, 0.25) is 5.02 Å². The van der Waals surface area contributed by atoms with Crippen LogP contribution in [-0.2, 0) is 4.79 Å². The Morgan fingerprint density at radius 3 is 2.57 bits per heavy atom. The first-order chi connectivity index (χ1) is 17.1. The van der Waals surface area contributed by atoms with E-state index in [-0.39, 0.29) is 23.9 Å². The summed E-state index contributed by atoms with van der Waals surface area (Å²) in [6.45, 7) is 0. The van der Waals surface area contributed by atoms with Crippen molar-refractivity contribution < 1.29 is 9.53 Å². The SMILES string of the molecule is COc1ccc(/C=C/C(=O)Nc2nc3n(n2)[C@@H](c2ccccc2Cl)C[C@@H](c2ccccc2)N3)cc1. The molecule has 0 fully saturated rings. The molecule has 2 atom stereocenters. The zero-order chi connectivity index (χ0) is 24.2. The maximum atomic E-state index is 12.6. The lowest BCUT2D eigenvalue weighted by Crippen LogP contribution is -2.28. The molecule has 0 bridgehead atoms. The van der Waals surface area contributed by atoms with E-state index >= 15 is 0 Å². The molecular weight excluding hydrogens is 462 g/mol. The molecule has 1 aromatic heterocycles. The molecule has 0 radical (unpaired) electrons. The molecule has 0 aliphatic carbocycles. The van der Waals surface area contributed by atoms with Gasteiger partial charge in [-0.2, -0.15) is 4.98 Å². The fraction of sp³-hybridized carbons (Fsp3) is 0.148. The van der Waals surface area contributed by atoms with E-state index in [4.69, 9.17) is 16.3 Å². The minimum Gasteiger partial charge on any atom is -0.497 e. The second-order valence-electron chi connectivity index (χ2n) is 8.18. The van der Waals surface area contributed by atoms with E-state index in [0.29, 0.717) is 11.0 Å². The summed E-state index contributed by atoms with van der Waals surface area (Å²) in [7, 11) is 1.61. The van der Waals surface area contributed by atoms with Gasteiger partial charge in [-0.3, -0.25) is 10.1 Å². The number of anilines is 2. The standard InChI is InChI=1S/C27H24ClN5O2/c1-35-20-14-11-18(12-15-20)13-16-25(34)30-26-31-27-29-23(19-7-3-2-4-8-19)17-24(33(27)32-26)21-9-5-6-10-22(21)28/h2-16,23-24H,17H2,1H3,(H2,29,30,31,32,34)/b16-13+/t23-,24+/m0/s1. The minimum atomic E-state index is -0.322. The third-order valence-electron chi connectivity index (χ3n) is 5.93. The van der Waals surface area contributed by atoms with Crippen molar-refractivity contribution in [3.8, 4) is 5.75 Å². The highest BCUT2D eigenvalue weighted by Crippen LogP contribution is 2.40. The number of benzene rings is 3. The minimum absolute atomic E-state index is 0.0210. The fourth-order valence-corrected chi connectivity index (χ4v) is 4.44. The molecular formula is C27H24ClN5O2. The number of fused-ring (bicyclic) bond motifs is 1. The second kappa shape index (κ2) is 10.0. The number of aromatic nitrogens is 3. The van der Waals surface area contributed by atoms with Gasteiger partial charge in [-0.1, -0.05) is 72.3 Å². The topological polar surface area (TPSA) is 81.1 Å². The molecule has 0 spiro atoms. The third-order valence-corrected chi connectivity index (χ3v) is 6.28. The van der Waals surface area contributed by atoms with Crippen LogP contribution in [0.1, 0.15) is 35.2 Å². The van der Waals surface area contributed by atoms with Gasteiger partial charge in [0.25, 0.3) is 11.9 Å². The van der Waals surface area contributed by atoms with Crippen LogP contribution in [0.3, 0.4) is 0 Å². The summed E-state index contributed by atoms with van der Waals surface area (Å²) in [5, 5.41) is 11.5. The maximum Gasteiger partial charge on any atom is 0.250 e. The van der Waals surface area contributed by atoms with Gasteiger partial charge in [0.05, 0.1) is 19.2 Å². The quantitative estimate of drug-likeness (QED) is 0.340. The van der Waals surface area contributed by atoms with Crippen LogP contribution in [0, 0.1) is 0 Å². The highest BCUT2D eigenvalue weighted by atomic mass is 35.5. The van der Waals surface area contributed by atoms with Crippen LogP contribution in [0.4, 0.5) is 11.9 Å². The van der Waals surface area contributed by atoms with E-state index in [0.717, 1.165) is 28.9 Å². The van der Waals surface area contributed by atoms with Crippen molar-refractivity contribution in [1.82, 2.24) is 14.8 Å². The number of amides is 1. The van der Waals surface area contributed by atoms with E-state index in [1.807, 2.05) is 66.7 Å². The van der Waals surface area contributed by atoms with Crippen LogP contribution in [0.25, 0.3) is 6.08 Å². The summed E-state index contributed by atoms with van der Waals surface area (Å²) >= 11 is 6.56. The first-order valence-electron chi connectivity index (χ1n) is 11.3. The van der Waals surface area contributed by atoms with Gasteiger partial charge in [0.2, 0.25) is 5.95 Å². The lowest BCUT2D eigenvalue weighted by Gasteiger charge is -2.32. The molecule has 35 heavy (non-hydrogen) atoms. The van der Waals surface area contributed by atoms with Crippen molar-refractivity contribution in [3.05, 3.63) is 107 Å². The van der Waals surface area contributed by atoms with Gasteiger partial charge in [-0.25, -0.2) is 4.68 Å². The van der Waals surface area contributed by atoms with Gasteiger partial charge < -0.3 is 10.1 Å². The summed E-state index contributed by atoms with van der Waals surface area (Å²) in [4.78, 5) is 17.1. The molecule has 3 aromatic carbocycles. The monoisotopic (exact) mass is 485 g/mol. The molecule has 0 saturated heterocycles. The Labute approximate surface area is 208 Å². The number of hydrogen-bond acceptors (Lipinski definition) is 5. The number of ether oxygens (including phenoxy) is 1. The van der Waals surface area contributed by atoms with Gasteiger partial charge in [-0.05, 0) is 47.4 Å². The number of carbonyl (C=O) groups is 1. The first-order valence-corrected chi connectivity index (χ1v) is 11.6. The highest BCUT2D eigenvalue weighted by molar-refractivity contribution is 6.31.